The molecule has 0 radical (unpaired) electrons. The molecule has 1 aliphatic heterocycles. The van der Waals surface area contributed by atoms with E-state index in [9.17, 15) is 14.7 Å². The Morgan fingerprint density at radius 3 is 2.62 bits per heavy atom. The van der Waals surface area contributed by atoms with Gasteiger partial charge in [0.25, 0.3) is 0 Å². The topological polar surface area (TPSA) is 84.7 Å². The summed E-state index contributed by atoms with van der Waals surface area (Å²) in [6, 6.07) is 0. The Kier molecular flexibility index (Phi) is 4.89. The molecule has 0 aromatic carbocycles. The first kappa shape index (κ1) is 17.0. The van der Waals surface area contributed by atoms with Gasteiger partial charge in [0.2, 0.25) is 5.82 Å². The molecule has 132 valence electrons. The lowest BCUT2D eigenvalue weighted by Gasteiger charge is -2.33. The predicted octanol–water partition coefficient (Wildman–Crippen LogP) is 1.46. The minimum Gasteiger partial charge on any atom is -0.475 e. The van der Waals surface area contributed by atoms with Crippen LogP contribution in [0.4, 0.5) is 0 Å². The van der Waals surface area contributed by atoms with Gasteiger partial charge in [-0.2, -0.15) is 0 Å². The molecule has 2 aliphatic rings. The number of fused-ring (bicyclic) bond motifs is 1. The van der Waals surface area contributed by atoms with Gasteiger partial charge < -0.3 is 14.4 Å². The van der Waals surface area contributed by atoms with E-state index >= 15 is 0 Å². The van der Waals surface area contributed by atoms with Crippen molar-refractivity contribution in [2.45, 2.75) is 38.6 Å². The van der Waals surface area contributed by atoms with E-state index in [0.717, 1.165) is 56.6 Å². The first-order valence-electron chi connectivity index (χ1n) is 8.57. The SMILES string of the molecule is COC(=O)C1CCC(CN2CCc3c(nc(C(=O)O)n3C)C2)CC1. The summed E-state index contributed by atoms with van der Waals surface area (Å²) in [5.74, 6) is -0.269. The zero-order valence-corrected chi connectivity index (χ0v) is 14.3. The molecule has 1 fully saturated rings. The van der Waals surface area contributed by atoms with Crippen molar-refractivity contribution >= 4 is 11.9 Å². The molecular formula is C17H25N3O4. The van der Waals surface area contributed by atoms with E-state index in [1.807, 2.05) is 0 Å². The number of esters is 1. The quantitative estimate of drug-likeness (QED) is 0.839. The van der Waals surface area contributed by atoms with Crippen molar-refractivity contribution in [1.29, 1.82) is 0 Å². The van der Waals surface area contributed by atoms with E-state index in [2.05, 4.69) is 9.88 Å². The number of nitrogens with zero attached hydrogens (tertiary/aromatic N) is 3. The number of rotatable bonds is 4. The van der Waals surface area contributed by atoms with Gasteiger partial charge in [-0.1, -0.05) is 0 Å². The van der Waals surface area contributed by atoms with Gasteiger partial charge >= 0.3 is 11.9 Å². The third-order valence-corrected chi connectivity index (χ3v) is 5.42. The third kappa shape index (κ3) is 3.31. The molecule has 1 N–H and O–H groups in total. The lowest BCUT2D eigenvalue weighted by atomic mass is 9.81. The van der Waals surface area contributed by atoms with Crippen LogP contribution in [0.25, 0.3) is 0 Å². The molecule has 1 aromatic heterocycles. The summed E-state index contributed by atoms with van der Waals surface area (Å²) in [6.07, 6.45) is 4.74. The van der Waals surface area contributed by atoms with Crippen molar-refractivity contribution in [2.75, 3.05) is 20.2 Å². The second-order valence-electron chi connectivity index (χ2n) is 6.92. The Morgan fingerprint density at radius 1 is 1.29 bits per heavy atom. The van der Waals surface area contributed by atoms with Crippen LogP contribution in [0.1, 0.15) is 47.7 Å². The molecule has 0 amide bonds. The van der Waals surface area contributed by atoms with Crippen molar-refractivity contribution < 1.29 is 19.4 Å². The van der Waals surface area contributed by atoms with Gasteiger partial charge in [0.1, 0.15) is 0 Å². The summed E-state index contributed by atoms with van der Waals surface area (Å²) in [7, 11) is 3.23. The minimum atomic E-state index is -0.973. The van der Waals surface area contributed by atoms with Crippen LogP contribution in [-0.4, -0.2) is 51.7 Å². The average molecular weight is 335 g/mol. The number of carbonyl (C=O) groups is 2. The maximum absolute atomic E-state index is 11.6. The van der Waals surface area contributed by atoms with Crippen molar-refractivity contribution in [3.8, 4) is 0 Å². The summed E-state index contributed by atoms with van der Waals surface area (Å²) in [6.45, 7) is 2.64. The molecule has 1 saturated carbocycles. The number of ether oxygens (including phenoxy) is 1. The highest BCUT2D eigenvalue weighted by molar-refractivity contribution is 5.83. The monoisotopic (exact) mass is 335 g/mol. The first-order valence-corrected chi connectivity index (χ1v) is 8.57. The summed E-state index contributed by atoms with van der Waals surface area (Å²) in [5, 5.41) is 9.20. The second-order valence-corrected chi connectivity index (χ2v) is 6.92. The van der Waals surface area contributed by atoms with Crippen molar-refractivity contribution in [3.05, 3.63) is 17.2 Å². The zero-order valence-electron chi connectivity index (χ0n) is 14.3. The van der Waals surface area contributed by atoms with Crippen LogP contribution in [0.3, 0.4) is 0 Å². The van der Waals surface area contributed by atoms with Gasteiger partial charge in [-0.25, -0.2) is 9.78 Å². The van der Waals surface area contributed by atoms with E-state index in [4.69, 9.17) is 4.74 Å². The molecule has 7 nitrogen and oxygen atoms in total. The van der Waals surface area contributed by atoms with Gasteiger partial charge in [0.05, 0.1) is 18.7 Å². The van der Waals surface area contributed by atoms with E-state index < -0.39 is 5.97 Å². The van der Waals surface area contributed by atoms with E-state index in [1.54, 1.807) is 11.6 Å². The number of hydrogen-bond donors (Lipinski definition) is 1. The Bertz CT molecular complexity index is 632. The van der Waals surface area contributed by atoms with Crippen LogP contribution in [-0.2, 0) is 29.5 Å². The number of carboxylic acid groups (broad SMARTS) is 1. The molecule has 0 atom stereocenters. The van der Waals surface area contributed by atoms with E-state index in [0.29, 0.717) is 12.5 Å². The molecule has 24 heavy (non-hydrogen) atoms. The number of carboxylic acids is 1. The fourth-order valence-corrected chi connectivity index (χ4v) is 4.04. The van der Waals surface area contributed by atoms with Crippen LogP contribution in [0, 0.1) is 11.8 Å². The van der Waals surface area contributed by atoms with E-state index in [1.165, 1.54) is 7.11 Å². The molecule has 0 saturated heterocycles. The number of methoxy groups -OCH3 is 1. The predicted molar refractivity (Wildman–Crippen MR) is 86.6 cm³/mol. The minimum absolute atomic E-state index is 0.0631. The molecule has 0 bridgehead atoms. The van der Waals surface area contributed by atoms with Crippen LogP contribution in [0.15, 0.2) is 0 Å². The molecular weight excluding hydrogens is 310 g/mol. The van der Waals surface area contributed by atoms with Crippen molar-refractivity contribution in [3.63, 3.8) is 0 Å². The highest BCUT2D eigenvalue weighted by atomic mass is 16.5. The summed E-state index contributed by atoms with van der Waals surface area (Å²) in [4.78, 5) is 29.5. The van der Waals surface area contributed by atoms with E-state index in [-0.39, 0.29) is 17.7 Å². The number of carbonyl (C=O) groups excluding carboxylic acids is 1. The fraction of sp³-hybridized carbons (Fsp3) is 0.706. The van der Waals surface area contributed by atoms with Gasteiger partial charge in [0, 0.05) is 38.8 Å². The Balaban J connectivity index is 1.56. The Morgan fingerprint density at radius 2 is 2.00 bits per heavy atom. The average Bonchev–Trinajstić information content (AvgIpc) is 2.91. The maximum Gasteiger partial charge on any atom is 0.372 e. The van der Waals surface area contributed by atoms with Gasteiger partial charge in [-0.05, 0) is 31.6 Å². The van der Waals surface area contributed by atoms with Crippen LogP contribution >= 0.6 is 0 Å². The number of hydrogen-bond acceptors (Lipinski definition) is 5. The standard InChI is InChI=1S/C17H25N3O4/c1-19-14-7-8-20(10-13(14)18-15(19)16(21)22)9-11-3-5-12(6-4-11)17(23)24-2/h11-12H,3-10H2,1-2H3,(H,21,22). The van der Waals surface area contributed by atoms with Crippen molar-refractivity contribution in [2.24, 2.45) is 18.9 Å². The van der Waals surface area contributed by atoms with Crippen LogP contribution in [0.2, 0.25) is 0 Å². The Hall–Kier alpha value is -1.89. The summed E-state index contributed by atoms with van der Waals surface area (Å²) < 4.78 is 6.54. The van der Waals surface area contributed by atoms with Gasteiger partial charge in [-0.15, -0.1) is 0 Å². The highest BCUT2D eigenvalue weighted by Crippen LogP contribution is 2.31. The summed E-state index contributed by atoms with van der Waals surface area (Å²) in [5.41, 5.74) is 1.93. The smallest absolute Gasteiger partial charge is 0.372 e. The lowest BCUT2D eigenvalue weighted by molar-refractivity contribution is -0.146. The lowest BCUT2D eigenvalue weighted by Crippen LogP contribution is -2.36. The molecule has 0 spiro atoms. The molecule has 1 aliphatic carbocycles. The zero-order chi connectivity index (χ0) is 17.3. The van der Waals surface area contributed by atoms with Crippen LogP contribution in [0.5, 0.6) is 0 Å². The third-order valence-electron chi connectivity index (χ3n) is 5.42. The number of imidazole rings is 1. The second kappa shape index (κ2) is 6.93. The fourth-order valence-electron chi connectivity index (χ4n) is 4.04. The maximum atomic E-state index is 11.6. The van der Waals surface area contributed by atoms with Crippen LogP contribution < -0.4 is 0 Å². The summed E-state index contributed by atoms with van der Waals surface area (Å²) >= 11 is 0. The molecule has 0 unspecified atom stereocenters. The van der Waals surface area contributed by atoms with Gasteiger partial charge in [-0.3, -0.25) is 9.69 Å². The largest absolute Gasteiger partial charge is 0.475 e. The van der Waals surface area contributed by atoms with Gasteiger partial charge in [0.15, 0.2) is 0 Å². The Labute approximate surface area is 141 Å². The number of aromatic nitrogens is 2. The molecule has 3 rings (SSSR count). The number of aromatic carboxylic acids is 1. The first-order chi connectivity index (χ1) is 11.5. The normalized spacial score (nSPS) is 24.4. The highest BCUT2D eigenvalue weighted by Gasteiger charge is 2.30. The molecule has 2 heterocycles. The molecule has 1 aromatic rings. The van der Waals surface area contributed by atoms with Crippen molar-refractivity contribution in [1.82, 2.24) is 14.5 Å². The molecule has 7 heteroatoms.